The van der Waals surface area contributed by atoms with Crippen LogP contribution in [0.4, 0.5) is 5.69 Å². The summed E-state index contributed by atoms with van der Waals surface area (Å²) in [6, 6.07) is 38.4. The molecule has 7 rings (SSSR count). The van der Waals surface area contributed by atoms with E-state index in [1.807, 2.05) is 97.1 Å². The third kappa shape index (κ3) is 3.96. The number of carbonyl (C=O) groups is 2. The van der Waals surface area contributed by atoms with Crippen molar-refractivity contribution in [1.82, 2.24) is 4.98 Å². The number of carbonyl (C=O) groups excluding carboxylic acids is 2. The number of anilines is 1. The molecule has 1 aromatic heterocycles. The number of Topliss-reactive ketones (excluding diaryl/α,β-unsaturated/α-hetero) is 2. The van der Waals surface area contributed by atoms with Crippen molar-refractivity contribution in [2.24, 2.45) is 5.92 Å². The van der Waals surface area contributed by atoms with Crippen LogP contribution in [0.25, 0.3) is 22.6 Å². The van der Waals surface area contributed by atoms with Gasteiger partial charge in [0, 0.05) is 33.7 Å². The average molecular weight is 507 g/mol. The molecule has 2 aliphatic rings. The maximum absolute atomic E-state index is 14.1. The van der Waals surface area contributed by atoms with Crippen LogP contribution in [-0.2, 0) is 0 Å². The largest absolute Gasteiger partial charge is 0.353 e. The highest BCUT2D eigenvalue weighted by Gasteiger charge is 2.51. The quantitative estimate of drug-likeness (QED) is 0.238. The number of benzene rings is 4. The van der Waals surface area contributed by atoms with Crippen LogP contribution < -0.4 is 4.90 Å². The summed E-state index contributed by atoms with van der Waals surface area (Å²) in [6.45, 7) is 0. The number of hydrogen-bond donors (Lipinski definition) is 0. The maximum Gasteiger partial charge on any atom is 0.185 e. The fourth-order valence-corrected chi connectivity index (χ4v) is 6.20. The number of aromatic nitrogens is 1. The van der Waals surface area contributed by atoms with Crippen LogP contribution in [0.3, 0.4) is 0 Å². The van der Waals surface area contributed by atoms with Gasteiger partial charge in [0.05, 0.1) is 23.3 Å². The summed E-state index contributed by atoms with van der Waals surface area (Å²) in [5.74, 6) is -0.315. The standard InChI is InChI=1S/C35H26N2O2/c38-34(24-12-3-1-4-13-24)28-22-32(35(39)25-14-5-2-6-15-25)37-31-18-10-8-16-26(31)21-27(33(28)37)30-20-19-23-11-7-9-17-29(23)36-30/h1-21,28,32-33H,22H2. The van der Waals surface area contributed by atoms with Gasteiger partial charge in [0.1, 0.15) is 0 Å². The summed E-state index contributed by atoms with van der Waals surface area (Å²) in [5.41, 5.74) is 6.03. The zero-order valence-electron chi connectivity index (χ0n) is 21.3. The molecule has 0 radical (unpaired) electrons. The lowest BCUT2D eigenvalue weighted by molar-refractivity contribution is 0.0914. The molecule has 3 atom stereocenters. The molecule has 1 saturated heterocycles. The van der Waals surface area contributed by atoms with E-state index in [-0.39, 0.29) is 17.6 Å². The number of fused-ring (bicyclic) bond motifs is 4. The Kier molecular flexibility index (Phi) is 5.66. The molecule has 0 saturated carbocycles. The fourth-order valence-electron chi connectivity index (χ4n) is 6.20. The van der Waals surface area contributed by atoms with Crippen molar-refractivity contribution < 1.29 is 9.59 Å². The lowest BCUT2D eigenvalue weighted by atomic mass is 9.82. The van der Waals surface area contributed by atoms with E-state index in [2.05, 4.69) is 35.2 Å². The summed E-state index contributed by atoms with van der Waals surface area (Å²) in [6.07, 6.45) is 2.60. The van der Waals surface area contributed by atoms with Crippen molar-refractivity contribution in [2.45, 2.75) is 18.5 Å². The molecule has 1 fully saturated rings. The van der Waals surface area contributed by atoms with Gasteiger partial charge in [-0.25, -0.2) is 4.98 Å². The van der Waals surface area contributed by atoms with E-state index in [0.29, 0.717) is 17.5 Å². The van der Waals surface area contributed by atoms with Crippen LogP contribution in [0.1, 0.15) is 38.4 Å². The Morgan fingerprint density at radius 3 is 2.08 bits per heavy atom. The van der Waals surface area contributed by atoms with E-state index in [9.17, 15) is 9.59 Å². The van der Waals surface area contributed by atoms with Crippen LogP contribution in [0.2, 0.25) is 0 Å². The van der Waals surface area contributed by atoms with Crippen LogP contribution in [-0.4, -0.2) is 28.6 Å². The number of nitrogens with zero attached hydrogens (tertiary/aromatic N) is 2. The van der Waals surface area contributed by atoms with E-state index in [1.165, 1.54) is 0 Å². The van der Waals surface area contributed by atoms with Gasteiger partial charge >= 0.3 is 0 Å². The molecular weight excluding hydrogens is 480 g/mol. The molecule has 0 amide bonds. The number of pyridine rings is 1. The molecule has 0 spiro atoms. The highest BCUT2D eigenvalue weighted by Crippen LogP contribution is 2.48. The third-order valence-corrected chi connectivity index (χ3v) is 7.99. The van der Waals surface area contributed by atoms with E-state index in [0.717, 1.165) is 33.4 Å². The molecular formula is C35H26N2O2. The minimum Gasteiger partial charge on any atom is -0.353 e. The summed E-state index contributed by atoms with van der Waals surface area (Å²) in [5, 5.41) is 1.07. The smallest absolute Gasteiger partial charge is 0.185 e. The van der Waals surface area contributed by atoms with E-state index in [4.69, 9.17) is 4.98 Å². The second kappa shape index (κ2) is 9.48. The molecule has 0 aliphatic carbocycles. The highest BCUT2D eigenvalue weighted by molar-refractivity contribution is 6.09. The molecule has 4 nitrogen and oxygen atoms in total. The van der Waals surface area contributed by atoms with Gasteiger partial charge in [-0.05, 0) is 36.3 Å². The van der Waals surface area contributed by atoms with Crippen molar-refractivity contribution in [3.05, 3.63) is 144 Å². The topological polar surface area (TPSA) is 50.3 Å². The first-order chi connectivity index (χ1) is 19.2. The van der Waals surface area contributed by atoms with Gasteiger partial charge in [0.2, 0.25) is 0 Å². The van der Waals surface area contributed by atoms with E-state index < -0.39 is 12.0 Å². The normalized spacial score (nSPS) is 19.7. The Balaban J connectivity index is 1.42. The van der Waals surface area contributed by atoms with Crippen molar-refractivity contribution in [3.8, 4) is 0 Å². The molecule has 3 heterocycles. The van der Waals surface area contributed by atoms with Crippen LogP contribution >= 0.6 is 0 Å². The van der Waals surface area contributed by atoms with Crippen LogP contribution in [0, 0.1) is 5.92 Å². The van der Waals surface area contributed by atoms with Gasteiger partial charge in [-0.15, -0.1) is 0 Å². The van der Waals surface area contributed by atoms with Gasteiger partial charge in [-0.1, -0.05) is 103 Å². The zero-order valence-corrected chi connectivity index (χ0v) is 21.3. The molecule has 0 N–H and O–H groups in total. The zero-order chi connectivity index (χ0) is 26.3. The van der Waals surface area contributed by atoms with Crippen molar-refractivity contribution >= 4 is 39.8 Å². The number of para-hydroxylation sites is 2. The summed E-state index contributed by atoms with van der Waals surface area (Å²) < 4.78 is 0. The lowest BCUT2D eigenvalue weighted by Crippen LogP contribution is -2.45. The van der Waals surface area contributed by atoms with Gasteiger partial charge in [-0.2, -0.15) is 0 Å². The van der Waals surface area contributed by atoms with Gasteiger partial charge < -0.3 is 4.90 Å². The average Bonchev–Trinajstić information content (AvgIpc) is 3.41. The fraction of sp³-hybridized carbons (Fsp3) is 0.114. The second-order valence-corrected chi connectivity index (χ2v) is 10.2. The Hall–Kier alpha value is -4.83. The summed E-state index contributed by atoms with van der Waals surface area (Å²) in [7, 11) is 0. The molecule has 39 heavy (non-hydrogen) atoms. The SMILES string of the molecule is O=C(c1ccccc1)C1CC(C(=O)c2ccccc2)N2c3ccccc3C=C(c3ccc4ccccc4n3)C12. The molecule has 4 heteroatoms. The highest BCUT2D eigenvalue weighted by atomic mass is 16.1. The van der Waals surface area contributed by atoms with Gasteiger partial charge in [0.15, 0.2) is 11.6 Å². The third-order valence-electron chi connectivity index (χ3n) is 7.99. The van der Waals surface area contributed by atoms with Crippen LogP contribution in [0.5, 0.6) is 0 Å². The van der Waals surface area contributed by atoms with E-state index in [1.54, 1.807) is 0 Å². The Bertz CT molecular complexity index is 1740. The van der Waals surface area contributed by atoms with Crippen molar-refractivity contribution in [1.29, 1.82) is 0 Å². The van der Waals surface area contributed by atoms with E-state index >= 15 is 0 Å². The lowest BCUT2D eigenvalue weighted by Gasteiger charge is -2.38. The maximum atomic E-state index is 14.1. The monoisotopic (exact) mass is 506 g/mol. The molecule has 2 aliphatic heterocycles. The van der Waals surface area contributed by atoms with Crippen molar-refractivity contribution in [3.63, 3.8) is 0 Å². The van der Waals surface area contributed by atoms with Crippen LogP contribution in [0.15, 0.2) is 121 Å². The van der Waals surface area contributed by atoms with Gasteiger partial charge in [-0.3, -0.25) is 9.59 Å². The molecule has 3 unspecified atom stereocenters. The number of hydrogen-bond acceptors (Lipinski definition) is 4. The first-order valence-corrected chi connectivity index (χ1v) is 13.3. The summed E-state index contributed by atoms with van der Waals surface area (Å²) >= 11 is 0. The predicted molar refractivity (Wildman–Crippen MR) is 156 cm³/mol. The number of ketones is 2. The molecule has 188 valence electrons. The molecule has 5 aromatic rings. The summed E-state index contributed by atoms with van der Waals surface area (Å²) in [4.78, 5) is 35.4. The van der Waals surface area contributed by atoms with Crippen molar-refractivity contribution in [2.75, 3.05) is 4.90 Å². The Morgan fingerprint density at radius 1 is 0.667 bits per heavy atom. The molecule has 0 bridgehead atoms. The number of rotatable bonds is 5. The predicted octanol–water partition coefficient (Wildman–Crippen LogP) is 7.12. The minimum atomic E-state index is -0.472. The van der Waals surface area contributed by atoms with Gasteiger partial charge in [0.25, 0.3) is 0 Å². The minimum absolute atomic E-state index is 0.0338. The first-order valence-electron chi connectivity index (χ1n) is 13.3. The Morgan fingerprint density at radius 2 is 1.31 bits per heavy atom. The second-order valence-electron chi connectivity index (χ2n) is 10.2. The molecule has 4 aromatic carbocycles. The Labute approximate surface area is 227 Å². The first kappa shape index (κ1) is 23.3.